The van der Waals surface area contributed by atoms with Crippen LogP contribution >= 0.6 is 11.3 Å². The van der Waals surface area contributed by atoms with Crippen molar-refractivity contribution < 1.29 is 4.79 Å². The van der Waals surface area contributed by atoms with Gasteiger partial charge in [0.1, 0.15) is 0 Å². The molecule has 1 aromatic rings. The molecule has 0 aliphatic carbocycles. The predicted molar refractivity (Wildman–Crippen MR) is 79.9 cm³/mol. The molecular weight excluding hydrogens is 258 g/mol. The lowest BCUT2D eigenvalue weighted by Crippen LogP contribution is -2.36. The molecule has 0 spiro atoms. The van der Waals surface area contributed by atoms with Gasteiger partial charge in [-0.25, -0.2) is 0 Å². The first-order valence-corrected chi connectivity index (χ1v) is 7.33. The van der Waals surface area contributed by atoms with E-state index in [2.05, 4.69) is 29.0 Å². The number of nitrogens with zero attached hydrogens (tertiary/aromatic N) is 1. The normalized spacial score (nSPS) is 10.1. The molecule has 0 radical (unpaired) electrons. The minimum atomic E-state index is 0.0653. The van der Waals surface area contributed by atoms with Gasteiger partial charge in [0.15, 0.2) is 0 Å². The second-order valence-corrected chi connectivity index (χ2v) is 5.02. The van der Waals surface area contributed by atoms with Crippen LogP contribution in [-0.4, -0.2) is 37.0 Å². The molecule has 1 aromatic heterocycles. The Labute approximate surface area is 119 Å². The lowest BCUT2D eigenvalue weighted by molar-refractivity contribution is -0.122. The standard InChI is InChI=1S/C14H21N3OS/c1-3-16-14(18)11-17(4-2)10-13-12(6-5-8-15)7-9-19-13/h7,9H,3-4,8,10-11,15H2,1-2H3,(H,16,18). The van der Waals surface area contributed by atoms with Crippen molar-refractivity contribution in [3.63, 3.8) is 0 Å². The zero-order valence-corrected chi connectivity index (χ0v) is 12.3. The summed E-state index contributed by atoms with van der Waals surface area (Å²) in [6, 6.07) is 2.00. The molecule has 1 amide bonds. The molecule has 0 fully saturated rings. The number of carbonyl (C=O) groups is 1. The monoisotopic (exact) mass is 279 g/mol. The van der Waals surface area contributed by atoms with Gasteiger partial charge in [-0.3, -0.25) is 9.69 Å². The van der Waals surface area contributed by atoms with Crippen LogP contribution in [-0.2, 0) is 11.3 Å². The molecule has 5 heteroatoms. The Bertz CT molecular complexity index is 459. The molecule has 1 rings (SSSR count). The maximum atomic E-state index is 11.6. The second kappa shape index (κ2) is 8.70. The van der Waals surface area contributed by atoms with E-state index in [1.54, 1.807) is 11.3 Å². The summed E-state index contributed by atoms with van der Waals surface area (Å²) >= 11 is 1.67. The summed E-state index contributed by atoms with van der Waals surface area (Å²) in [5, 5.41) is 4.84. The molecule has 1 heterocycles. The fourth-order valence-electron chi connectivity index (χ4n) is 1.66. The minimum absolute atomic E-state index is 0.0653. The molecule has 104 valence electrons. The van der Waals surface area contributed by atoms with Gasteiger partial charge < -0.3 is 11.1 Å². The molecule has 4 nitrogen and oxygen atoms in total. The summed E-state index contributed by atoms with van der Waals surface area (Å²) in [5.74, 6) is 6.00. The average Bonchev–Trinajstić information content (AvgIpc) is 2.83. The van der Waals surface area contributed by atoms with Crippen LogP contribution < -0.4 is 11.1 Å². The molecule has 0 bridgehead atoms. The van der Waals surface area contributed by atoms with Crippen molar-refractivity contribution in [2.75, 3.05) is 26.2 Å². The van der Waals surface area contributed by atoms with Crippen LogP contribution in [0.5, 0.6) is 0 Å². The van der Waals surface area contributed by atoms with E-state index in [0.717, 1.165) is 18.7 Å². The maximum absolute atomic E-state index is 11.6. The van der Waals surface area contributed by atoms with Crippen LogP contribution in [0.3, 0.4) is 0 Å². The first-order valence-electron chi connectivity index (χ1n) is 6.45. The van der Waals surface area contributed by atoms with E-state index in [1.807, 2.05) is 18.4 Å². The quantitative estimate of drug-likeness (QED) is 0.764. The van der Waals surface area contributed by atoms with Crippen LogP contribution in [0.1, 0.15) is 24.3 Å². The van der Waals surface area contributed by atoms with E-state index >= 15 is 0 Å². The highest BCUT2D eigenvalue weighted by molar-refractivity contribution is 7.10. The SMILES string of the molecule is CCNC(=O)CN(CC)Cc1sccc1C#CCN. The van der Waals surface area contributed by atoms with Crippen molar-refractivity contribution in [2.45, 2.75) is 20.4 Å². The van der Waals surface area contributed by atoms with Gasteiger partial charge in [-0.05, 0) is 24.9 Å². The number of hydrogen-bond donors (Lipinski definition) is 2. The Morgan fingerprint density at radius 1 is 1.53 bits per heavy atom. The maximum Gasteiger partial charge on any atom is 0.234 e. The Hall–Kier alpha value is -1.35. The number of likely N-dealkylation sites (N-methyl/N-ethyl adjacent to an activating group) is 2. The zero-order valence-electron chi connectivity index (χ0n) is 11.5. The van der Waals surface area contributed by atoms with Gasteiger partial charge in [-0.15, -0.1) is 11.3 Å². The minimum Gasteiger partial charge on any atom is -0.355 e. The Kier molecular flexibility index (Phi) is 7.19. The fraction of sp³-hybridized carbons (Fsp3) is 0.500. The number of hydrogen-bond acceptors (Lipinski definition) is 4. The Morgan fingerprint density at radius 3 is 2.95 bits per heavy atom. The average molecular weight is 279 g/mol. The number of nitrogens with two attached hydrogens (primary N) is 1. The topological polar surface area (TPSA) is 58.4 Å². The molecule has 0 saturated heterocycles. The van der Waals surface area contributed by atoms with Gasteiger partial charge in [-0.1, -0.05) is 18.8 Å². The van der Waals surface area contributed by atoms with Crippen molar-refractivity contribution in [2.24, 2.45) is 5.73 Å². The van der Waals surface area contributed by atoms with E-state index in [0.29, 0.717) is 19.6 Å². The Balaban J connectivity index is 2.65. The first-order chi connectivity index (χ1) is 9.21. The van der Waals surface area contributed by atoms with Crippen molar-refractivity contribution in [1.29, 1.82) is 0 Å². The summed E-state index contributed by atoms with van der Waals surface area (Å²) in [6.07, 6.45) is 0. The van der Waals surface area contributed by atoms with E-state index in [-0.39, 0.29) is 5.91 Å². The number of carbonyl (C=O) groups excluding carboxylic acids is 1. The molecule has 0 saturated carbocycles. The van der Waals surface area contributed by atoms with Crippen LogP contribution in [0.4, 0.5) is 0 Å². The van der Waals surface area contributed by atoms with Crippen molar-refractivity contribution in [1.82, 2.24) is 10.2 Å². The van der Waals surface area contributed by atoms with E-state index in [9.17, 15) is 4.79 Å². The highest BCUT2D eigenvalue weighted by Crippen LogP contribution is 2.17. The number of amides is 1. The highest BCUT2D eigenvalue weighted by Gasteiger charge is 2.11. The van der Waals surface area contributed by atoms with Crippen molar-refractivity contribution >= 4 is 17.2 Å². The van der Waals surface area contributed by atoms with Gasteiger partial charge in [0.25, 0.3) is 0 Å². The van der Waals surface area contributed by atoms with Crippen LogP contribution in [0.25, 0.3) is 0 Å². The summed E-state index contributed by atoms with van der Waals surface area (Å²) in [5.41, 5.74) is 6.41. The predicted octanol–water partition coefficient (Wildman–Crippen LogP) is 1.02. The van der Waals surface area contributed by atoms with Crippen LogP contribution in [0, 0.1) is 11.8 Å². The van der Waals surface area contributed by atoms with Crippen LogP contribution in [0.2, 0.25) is 0 Å². The molecule has 3 N–H and O–H groups in total. The van der Waals surface area contributed by atoms with Gasteiger partial charge in [0.2, 0.25) is 5.91 Å². The zero-order chi connectivity index (χ0) is 14.1. The molecule has 0 atom stereocenters. The third-order valence-electron chi connectivity index (χ3n) is 2.63. The summed E-state index contributed by atoms with van der Waals surface area (Å²) < 4.78 is 0. The molecule has 0 unspecified atom stereocenters. The molecule has 19 heavy (non-hydrogen) atoms. The van der Waals surface area contributed by atoms with Gasteiger partial charge in [0.05, 0.1) is 13.1 Å². The van der Waals surface area contributed by atoms with Gasteiger partial charge in [-0.2, -0.15) is 0 Å². The van der Waals surface area contributed by atoms with E-state index in [1.165, 1.54) is 4.88 Å². The smallest absolute Gasteiger partial charge is 0.234 e. The lowest BCUT2D eigenvalue weighted by Gasteiger charge is -2.19. The molecule has 0 aliphatic rings. The largest absolute Gasteiger partial charge is 0.355 e. The number of thiophene rings is 1. The van der Waals surface area contributed by atoms with Gasteiger partial charge >= 0.3 is 0 Å². The van der Waals surface area contributed by atoms with E-state index < -0.39 is 0 Å². The van der Waals surface area contributed by atoms with Crippen molar-refractivity contribution in [3.8, 4) is 11.8 Å². The van der Waals surface area contributed by atoms with E-state index in [4.69, 9.17) is 5.73 Å². The lowest BCUT2D eigenvalue weighted by atomic mass is 10.2. The molecule has 0 aliphatic heterocycles. The fourth-order valence-corrected chi connectivity index (χ4v) is 2.53. The third-order valence-corrected chi connectivity index (χ3v) is 3.53. The van der Waals surface area contributed by atoms with Gasteiger partial charge in [0, 0.05) is 23.5 Å². The summed E-state index contributed by atoms with van der Waals surface area (Å²) in [4.78, 5) is 14.9. The third kappa shape index (κ3) is 5.43. The van der Waals surface area contributed by atoms with Crippen molar-refractivity contribution in [3.05, 3.63) is 21.9 Å². The summed E-state index contributed by atoms with van der Waals surface area (Å²) in [7, 11) is 0. The molecular formula is C14H21N3OS. The summed E-state index contributed by atoms with van der Waals surface area (Å²) in [6.45, 7) is 7.02. The molecule has 0 aromatic carbocycles. The Morgan fingerprint density at radius 2 is 2.32 bits per heavy atom. The first kappa shape index (κ1) is 15.7. The number of rotatable bonds is 6. The number of nitrogens with one attached hydrogen (secondary N) is 1. The van der Waals surface area contributed by atoms with Crippen LogP contribution in [0.15, 0.2) is 11.4 Å². The second-order valence-electron chi connectivity index (χ2n) is 4.02. The highest BCUT2D eigenvalue weighted by atomic mass is 32.1.